The van der Waals surface area contributed by atoms with E-state index in [-0.39, 0.29) is 5.91 Å². The van der Waals surface area contributed by atoms with Crippen molar-refractivity contribution in [2.75, 3.05) is 5.32 Å². The lowest BCUT2D eigenvalue weighted by atomic mass is 10.1. The Hall–Kier alpha value is -3.09. The van der Waals surface area contributed by atoms with Crippen LogP contribution < -0.4 is 5.32 Å². The number of nitrogens with one attached hydrogen (secondary N) is 1. The number of hydrogen-bond donors (Lipinski definition) is 1. The molecule has 8 heteroatoms. The minimum atomic E-state index is -0.213. The Kier molecular flexibility index (Phi) is 6.11. The molecule has 0 bridgehead atoms. The highest BCUT2D eigenvalue weighted by Crippen LogP contribution is 2.23. The van der Waals surface area contributed by atoms with Gasteiger partial charge in [0.25, 0.3) is 5.91 Å². The molecule has 0 fully saturated rings. The van der Waals surface area contributed by atoms with Gasteiger partial charge in [-0.2, -0.15) is 10.2 Å². The van der Waals surface area contributed by atoms with Gasteiger partial charge in [-0.15, -0.1) is 0 Å². The number of benzene rings is 2. The molecule has 31 heavy (non-hydrogen) atoms. The summed E-state index contributed by atoms with van der Waals surface area (Å²) >= 11 is 12.0. The van der Waals surface area contributed by atoms with Crippen LogP contribution in [0, 0.1) is 13.8 Å². The number of nitrogens with zero attached hydrogens (tertiary/aromatic N) is 4. The molecule has 4 rings (SSSR count). The minimum Gasteiger partial charge on any atom is -0.305 e. The van der Waals surface area contributed by atoms with Gasteiger partial charge in [0.15, 0.2) is 5.82 Å². The van der Waals surface area contributed by atoms with Crippen LogP contribution in [0.1, 0.15) is 32.9 Å². The Morgan fingerprint density at radius 2 is 1.74 bits per heavy atom. The maximum Gasteiger partial charge on any atom is 0.256 e. The van der Waals surface area contributed by atoms with Gasteiger partial charge in [-0.1, -0.05) is 41.4 Å². The highest BCUT2D eigenvalue weighted by molar-refractivity contribution is 6.42. The number of aryl methyl sites for hydroxylation is 2. The molecule has 0 saturated carbocycles. The van der Waals surface area contributed by atoms with E-state index in [9.17, 15) is 4.79 Å². The molecule has 0 aliphatic heterocycles. The van der Waals surface area contributed by atoms with Crippen molar-refractivity contribution in [1.29, 1.82) is 0 Å². The maximum absolute atomic E-state index is 12.7. The van der Waals surface area contributed by atoms with Crippen LogP contribution in [0.5, 0.6) is 0 Å². The number of aromatic nitrogens is 4. The van der Waals surface area contributed by atoms with Crippen molar-refractivity contribution in [3.8, 4) is 0 Å². The predicted molar refractivity (Wildman–Crippen MR) is 123 cm³/mol. The summed E-state index contributed by atoms with van der Waals surface area (Å²) in [7, 11) is 0. The lowest BCUT2D eigenvalue weighted by Gasteiger charge is -2.07. The first-order valence-corrected chi connectivity index (χ1v) is 10.5. The lowest BCUT2D eigenvalue weighted by molar-refractivity contribution is 0.102. The number of carbonyl (C=O) groups excluding carboxylic acids is 1. The molecule has 0 atom stereocenters. The van der Waals surface area contributed by atoms with Crippen molar-refractivity contribution in [1.82, 2.24) is 19.6 Å². The highest BCUT2D eigenvalue weighted by atomic mass is 35.5. The quantitative estimate of drug-likeness (QED) is 0.427. The van der Waals surface area contributed by atoms with E-state index < -0.39 is 0 Å². The second-order valence-electron chi connectivity index (χ2n) is 7.39. The van der Waals surface area contributed by atoms with Gasteiger partial charge in [0.2, 0.25) is 0 Å². The molecule has 0 unspecified atom stereocenters. The molecule has 1 N–H and O–H groups in total. The SMILES string of the molecule is Cc1cc(C)n(Cc2cccc(C(=O)Nc3ccn(Cc4ccc(Cl)c(Cl)c4)n3)c2)n1. The van der Waals surface area contributed by atoms with Gasteiger partial charge < -0.3 is 5.32 Å². The molecule has 0 aliphatic carbocycles. The van der Waals surface area contributed by atoms with E-state index in [2.05, 4.69) is 15.5 Å². The number of hydrogen-bond acceptors (Lipinski definition) is 3. The molecular weight excluding hydrogens is 433 g/mol. The third-order valence-electron chi connectivity index (χ3n) is 4.84. The van der Waals surface area contributed by atoms with E-state index in [0.717, 1.165) is 22.5 Å². The molecule has 158 valence electrons. The highest BCUT2D eigenvalue weighted by Gasteiger charge is 2.10. The van der Waals surface area contributed by atoms with E-state index in [0.29, 0.717) is 34.5 Å². The second-order valence-corrected chi connectivity index (χ2v) is 8.20. The Balaban J connectivity index is 1.42. The third-order valence-corrected chi connectivity index (χ3v) is 5.57. The lowest BCUT2D eigenvalue weighted by Crippen LogP contribution is -2.13. The monoisotopic (exact) mass is 453 g/mol. The zero-order valence-corrected chi connectivity index (χ0v) is 18.7. The maximum atomic E-state index is 12.7. The molecule has 0 saturated heterocycles. The van der Waals surface area contributed by atoms with Crippen molar-refractivity contribution in [2.24, 2.45) is 0 Å². The summed E-state index contributed by atoms with van der Waals surface area (Å²) in [5, 5.41) is 12.8. The Morgan fingerprint density at radius 3 is 2.48 bits per heavy atom. The molecular formula is C23H21Cl2N5O. The average molecular weight is 454 g/mol. The summed E-state index contributed by atoms with van der Waals surface area (Å²) in [6.07, 6.45) is 1.80. The van der Waals surface area contributed by atoms with E-state index in [1.54, 1.807) is 35.1 Å². The number of amides is 1. The first-order valence-electron chi connectivity index (χ1n) is 9.76. The van der Waals surface area contributed by atoms with Crippen molar-refractivity contribution in [3.63, 3.8) is 0 Å². The molecule has 1 amide bonds. The van der Waals surface area contributed by atoms with Crippen LogP contribution in [-0.4, -0.2) is 25.5 Å². The van der Waals surface area contributed by atoms with Crippen molar-refractivity contribution in [2.45, 2.75) is 26.9 Å². The fourth-order valence-corrected chi connectivity index (χ4v) is 3.67. The zero-order chi connectivity index (χ0) is 22.0. The summed E-state index contributed by atoms with van der Waals surface area (Å²) in [4.78, 5) is 12.7. The fraction of sp³-hybridized carbons (Fsp3) is 0.174. The minimum absolute atomic E-state index is 0.213. The number of halogens is 2. The molecule has 2 heterocycles. The topological polar surface area (TPSA) is 64.7 Å². The van der Waals surface area contributed by atoms with Crippen LogP contribution in [0.15, 0.2) is 60.8 Å². The van der Waals surface area contributed by atoms with Crippen LogP contribution in [0.3, 0.4) is 0 Å². The van der Waals surface area contributed by atoms with Crippen LogP contribution in [0.25, 0.3) is 0 Å². The molecule has 0 aliphatic rings. The smallest absolute Gasteiger partial charge is 0.256 e. The Labute approximate surface area is 190 Å². The van der Waals surface area contributed by atoms with Crippen molar-refractivity contribution < 1.29 is 4.79 Å². The second kappa shape index (κ2) is 8.96. The van der Waals surface area contributed by atoms with Crippen LogP contribution >= 0.6 is 23.2 Å². The number of carbonyl (C=O) groups is 1. The van der Waals surface area contributed by atoms with Crippen LogP contribution in [-0.2, 0) is 13.1 Å². The number of anilines is 1. The summed E-state index contributed by atoms with van der Waals surface area (Å²) in [6.45, 7) is 5.11. The average Bonchev–Trinajstić information content (AvgIpc) is 3.30. The normalized spacial score (nSPS) is 11.0. The number of rotatable bonds is 6. The summed E-state index contributed by atoms with van der Waals surface area (Å²) in [5.41, 5.74) is 4.59. The Bertz CT molecular complexity index is 1240. The zero-order valence-electron chi connectivity index (χ0n) is 17.1. The van der Waals surface area contributed by atoms with Gasteiger partial charge in [-0.05, 0) is 55.3 Å². The first kappa shape index (κ1) is 21.2. The predicted octanol–water partition coefficient (Wildman–Crippen LogP) is 5.35. The first-order chi connectivity index (χ1) is 14.9. The standard InChI is InChI=1S/C23H21Cl2N5O/c1-15-10-16(2)30(27-15)14-17-4-3-5-19(11-17)23(31)26-22-8-9-29(28-22)13-18-6-7-20(24)21(25)12-18/h3-12H,13-14H2,1-2H3,(H,26,28,31). The van der Waals surface area contributed by atoms with E-state index >= 15 is 0 Å². The third kappa shape index (κ3) is 5.16. The van der Waals surface area contributed by atoms with Gasteiger partial charge >= 0.3 is 0 Å². The molecule has 6 nitrogen and oxygen atoms in total. The van der Waals surface area contributed by atoms with Gasteiger partial charge in [0.1, 0.15) is 0 Å². The summed E-state index contributed by atoms with van der Waals surface area (Å²) < 4.78 is 3.66. The Morgan fingerprint density at radius 1 is 0.935 bits per heavy atom. The van der Waals surface area contributed by atoms with Crippen LogP contribution in [0.2, 0.25) is 10.0 Å². The van der Waals surface area contributed by atoms with Gasteiger partial charge in [-0.3, -0.25) is 14.2 Å². The molecule has 4 aromatic rings. The van der Waals surface area contributed by atoms with Gasteiger partial charge in [0, 0.05) is 23.5 Å². The molecule has 0 radical (unpaired) electrons. The molecule has 0 spiro atoms. The van der Waals surface area contributed by atoms with Crippen LogP contribution in [0.4, 0.5) is 5.82 Å². The molecule has 2 aromatic heterocycles. The van der Waals surface area contributed by atoms with E-state index in [4.69, 9.17) is 23.2 Å². The van der Waals surface area contributed by atoms with Gasteiger partial charge in [-0.25, -0.2) is 0 Å². The fourth-order valence-electron chi connectivity index (χ4n) is 3.35. The molecule has 2 aromatic carbocycles. The van der Waals surface area contributed by atoms with Gasteiger partial charge in [0.05, 0.1) is 28.8 Å². The van der Waals surface area contributed by atoms with E-state index in [1.807, 2.05) is 48.9 Å². The largest absolute Gasteiger partial charge is 0.305 e. The van der Waals surface area contributed by atoms with E-state index in [1.165, 1.54) is 0 Å². The summed E-state index contributed by atoms with van der Waals surface area (Å²) in [6, 6.07) is 16.8. The van der Waals surface area contributed by atoms with Crippen molar-refractivity contribution >= 4 is 34.9 Å². The van der Waals surface area contributed by atoms with Crippen molar-refractivity contribution in [3.05, 3.63) is 98.9 Å². The summed E-state index contributed by atoms with van der Waals surface area (Å²) in [5.74, 6) is 0.268.